The Morgan fingerprint density at radius 1 is 1.06 bits per heavy atom. The molecule has 3 aliphatic heterocycles. The standard InChI is InChI=1S/C10H16O5.C8H12O5.C2H2O2.CH2O/c1-3-9(12)14-6-8-10(15-8)13-5-4-7(2)11;1-2-11-7(10)6-8(13-6)12-5-3-4-9;3-2-1-4-2;1-2/h8,10H,3-6H2,1-2H3;4,6,8H,2-3,5H2,1H3;1H2;1H2. The van der Waals surface area contributed by atoms with E-state index in [1.54, 1.807) is 13.8 Å². The number of aldehydes is 1. The molecule has 4 atom stereocenters. The molecule has 4 unspecified atom stereocenters. The molecule has 13 nitrogen and oxygen atoms in total. The number of carbonyl (C=O) groups excluding carboxylic acids is 6. The van der Waals surface area contributed by atoms with E-state index in [0.717, 1.165) is 6.29 Å². The highest BCUT2D eigenvalue weighted by Crippen LogP contribution is 2.24. The zero-order chi connectivity index (χ0) is 25.9. The van der Waals surface area contributed by atoms with E-state index in [1.165, 1.54) is 6.92 Å². The molecule has 0 spiro atoms. The lowest BCUT2D eigenvalue weighted by Gasteiger charge is -1.99. The fourth-order valence-electron chi connectivity index (χ4n) is 1.87. The number of ketones is 1. The fourth-order valence-corrected chi connectivity index (χ4v) is 1.87. The number of cyclic esters (lactones) is 1. The maximum absolute atomic E-state index is 11.0. The van der Waals surface area contributed by atoms with E-state index in [-0.39, 0.29) is 43.3 Å². The Balaban J connectivity index is 0.000000519. The largest absolute Gasteiger partial charge is 0.464 e. The van der Waals surface area contributed by atoms with E-state index in [4.69, 9.17) is 28.5 Å². The molecule has 0 N–H and O–H groups in total. The van der Waals surface area contributed by atoms with E-state index in [9.17, 15) is 24.0 Å². The molecule has 3 saturated heterocycles. The van der Waals surface area contributed by atoms with Gasteiger partial charge in [-0.25, -0.2) is 9.59 Å². The summed E-state index contributed by atoms with van der Waals surface area (Å²) in [4.78, 5) is 59.6. The molecule has 0 amide bonds. The number of esters is 2. The normalized spacial score (nSPS) is 22.5. The van der Waals surface area contributed by atoms with E-state index in [1.807, 2.05) is 6.79 Å². The van der Waals surface area contributed by atoms with Gasteiger partial charge in [-0.2, -0.15) is 0 Å². The molecule has 0 aromatic carbocycles. The highest BCUT2D eigenvalue weighted by Gasteiger charge is 2.47. The Labute approximate surface area is 197 Å². The maximum atomic E-state index is 11.0. The van der Waals surface area contributed by atoms with Crippen molar-refractivity contribution in [2.24, 2.45) is 0 Å². The van der Waals surface area contributed by atoms with Gasteiger partial charge in [-0.15, -0.1) is 0 Å². The first-order valence-electron chi connectivity index (χ1n) is 10.6. The zero-order valence-corrected chi connectivity index (χ0v) is 19.6. The highest BCUT2D eigenvalue weighted by molar-refractivity contribution is 5.82. The topological polar surface area (TPSA) is 177 Å². The van der Waals surface area contributed by atoms with Crippen molar-refractivity contribution >= 4 is 36.8 Å². The Morgan fingerprint density at radius 2 is 1.68 bits per heavy atom. The van der Waals surface area contributed by atoms with E-state index in [0.29, 0.717) is 39.1 Å². The molecule has 13 heteroatoms. The lowest BCUT2D eigenvalue weighted by Crippen LogP contribution is -2.15. The van der Waals surface area contributed by atoms with Gasteiger partial charge in [0, 0.05) is 19.3 Å². The van der Waals surface area contributed by atoms with Gasteiger partial charge >= 0.3 is 17.9 Å². The molecule has 0 bridgehead atoms. The Hall–Kier alpha value is -2.74. The summed E-state index contributed by atoms with van der Waals surface area (Å²) in [6.45, 7) is 8.52. The average molecular weight is 492 g/mol. The van der Waals surface area contributed by atoms with Crippen LogP contribution < -0.4 is 0 Å². The van der Waals surface area contributed by atoms with Crippen molar-refractivity contribution in [3.05, 3.63) is 0 Å². The van der Waals surface area contributed by atoms with E-state index >= 15 is 0 Å². The summed E-state index contributed by atoms with van der Waals surface area (Å²) in [6, 6.07) is 0. The number of Topliss-reactive ketones (excluding diaryl/α,β-unsaturated/α-hetero) is 1. The number of epoxide rings is 3. The minimum Gasteiger partial charge on any atom is -0.464 e. The summed E-state index contributed by atoms with van der Waals surface area (Å²) in [7, 11) is 0. The van der Waals surface area contributed by atoms with Crippen LogP contribution in [0.4, 0.5) is 0 Å². The summed E-state index contributed by atoms with van der Waals surface area (Å²) < 4.78 is 33.8. The van der Waals surface area contributed by atoms with E-state index in [2.05, 4.69) is 9.47 Å². The second-order valence-electron chi connectivity index (χ2n) is 6.57. The van der Waals surface area contributed by atoms with Crippen LogP contribution in [-0.4, -0.2) is 94.6 Å². The molecule has 0 aliphatic carbocycles. The number of carbonyl (C=O) groups is 6. The van der Waals surface area contributed by atoms with Crippen LogP contribution in [0.25, 0.3) is 0 Å². The SMILES string of the molecule is C=O.CCC(=O)OCC1OC1OCCC(C)=O.CCOC(=O)C1OC1OCCC=O.O=C1CO1. The number of hydrogen-bond acceptors (Lipinski definition) is 13. The smallest absolute Gasteiger partial charge is 0.344 e. The molecule has 0 saturated carbocycles. The van der Waals surface area contributed by atoms with Gasteiger partial charge in [0.2, 0.25) is 6.10 Å². The van der Waals surface area contributed by atoms with Gasteiger partial charge in [-0.05, 0) is 13.8 Å². The van der Waals surface area contributed by atoms with Gasteiger partial charge < -0.3 is 42.7 Å². The Kier molecular flexibility index (Phi) is 17.2. The number of ether oxygens (including phenoxy) is 7. The molecule has 3 aliphatic rings. The lowest BCUT2D eigenvalue weighted by atomic mass is 10.3. The summed E-state index contributed by atoms with van der Waals surface area (Å²) in [5.41, 5.74) is 0. The molecule has 0 aromatic heterocycles. The number of hydrogen-bond donors (Lipinski definition) is 0. The molecular weight excluding hydrogens is 460 g/mol. The van der Waals surface area contributed by atoms with Crippen LogP contribution in [0, 0.1) is 0 Å². The predicted octanol–water partition coefficient (Wildman–Crippen LogP) is -0.101. The molecule has 3 heterocycles. The average Bonchev–Trinajstić information content (AvgIpc) is 3.70. The second kappa shape index (κ2) is 18.7. The maximum Gasteiger partial charge on any atom is 0.344 e. The van der Waals surface area contributed by atoms with Gasteiger partial charge in [0.1, 0.15) is 31.6 Å². The summed E-state index contributed by atoms with van der Waals surface area (Å²) in [5, 5.41) is 0. The molecule has 3 fully saturated rings. The van der Waals surface area contributed by atoms with Crippen molar-refractivity contribution < 1.29 is 61.9 Å². The Morgan fingerprint density at radius 3 is 2.18 bits per heavy atom. The Bertz CT molecular complexity index is 645. The van der Waals surface area contributed by atoms with Gasteiger partial charge in [-0.1, -0.05) is 6.92 Å². The van der Waals surface area contributed by atoms with Crippen molar-refractivity contribution in [1.29, 1.82) is 0 Å². The minimum absolute atomic E-state index is 0.0833. The quantitative estimate of drug-likeness (QED) is 0.109. The first kappa shape index (κ1) is 31.3. The zero-order valence-electron chi connectivity index (χ0n) is 19.6. The second-order valence-corrected chi connectivity index (χ2v) is 6.57. The van der Waals surface area contributed by atoms with Crippen LogP contribution in [-0.2, 0) is 61.9 Å². The van der Waals surface area contributed by atoms with Crippen molar-refractivity contribution in [2.45, 2.75) is 64.8 Å². The minimum atomic E-state index is -0.591. The first-order valence-corrected chi connectivity index (χ1v) is 10.6. The molecule has 34 heavy (non-hydrogen) atoms. The van der Waals surface area contributed by atoms with Crippen LogP contribution >= 0.6 is 0 Å². The third kappa shape index (κ3) is 16.8. The van der Waals surface area contributed by atoms with Crippen LogP contribution in [0.2, 0.25) is 0 Å². The highest BCUT2D eigenvalue weighted by atomic mass is 16.8. The fraction of sp³-hybridized carbons (Fsp3) is 0.714. The molecular formula is C21H32O13. The summed E-state index contributed by atoms with van der Waals surface area (Å²) >= 11 is 0. The number of rotatable bonds is 13. The molecule has 0 aromatic rings. The lowest BCUT2D eigenvalue weighted by molar-refractivity contribution is -0.145. The van der Waals surface area contributed by atoms with Crippen LogP contribution in [0.15, 0.2) is 0 Å². The van der Waals surface area contributed by atoms with Gasteiger partial charge in [0.15, 0.2) is 19.2 Å². The van der Waals surface area contributed by atoms with Crippen LogP contribution in [0.5, 0.6) is 0 Å². The third-order valence-corrected chi connectivity index (χ3v) is 3.72. The molecule has 194 valence electrons. The predicted molar refractivity (Wildman–Crippen MR) is 111 cm³/mol. The third-order valence-electron chi connectivity index (χ3n) is 3.72. The molecule has 3 rings (SSSR count). The van der Waals surface area contributed by atoms with Crippen molar-refractivity contribution in [3.8, 4) is 0 Å². The van der Waals surface area contributed by atoms with Crippen molar-refractivity contribution in [3.63, 3.8) is 0 Å². The van der Waals surface area contributed by atoms with Crippen LogP contribution in [0.3, 0.4) is 0 Å². The monoisotopic (exact) mass is 492 g/mol. The van der Waals surface area contributed by atoms with Gasteiger partial charge in [0.25, 0.3) is 0 Å². The van der Waals surface area contributed by atoms with Gasteiger partial charge in [-0.3, -0.25) is 9.59 Å². The van der Waals surface area contributed by atoms with Gasteiger partial charge in [0.05, 0.1) is 19.8 Å². The van der Waals surface area contributed by atoms with E-state index < -0.39 is 18.4 Å². The first-order chi connectivity index (χ1) is 16.3. The summed E-state index contributed by atoms with van der Waals surface area (Å²) in [6.07, 6.45) is 0.244. The van der Waals surface area contributed by atoms with Crippen LogP contribution in [0.1, 0.15) is 40.0 Å². The molecule has 0 radical (unpaired) electrons. The summed E-state index contributed by atoms with van der Waals surface area (Å²) in [5.74, 6) is -0.642. The van der Waals surface area contributed by atoms with Crippen molar-refractivity contribution in [2.75, 3.05) is 33.0 Å². The van der Waals surface area contributed by atoms with Crippen molar-refractivity contribution in [1.82, 2.24) is 0 Å².